The summed E-state index contributed by atoms with van der Waals surface area (Å²) in [6.45, 7) is 1.59. The average Bonchev–Trinajstić information content (AvgIpc) is 2.84. The van der Waals surface area contributed by atoms with Gasteiger partial charge in [0.25, 0.3) is 5.91 Å². The third kappa shape index (κ3) is 4.52. The monoisotopic (exact) mass is 396 g/mol. The van der Waals surface area contributed by atoms with Gasteiger partial charge >= 0.3 is 0 Å². The van der Waals surface area contributed by atoms with Crippen molar-refractivity contribution < 1.29 is 9.53 Å². The van der Waals surface area contributed by atoms with Crippen LogP contribution in [-0.2, 0) is 4.79 Å². The van der Waals surface area contributed by atoms with E-state index < -0.39 is 6.10 Å². The van der Waals surface area contributed by atoms with Crippen molar-refractivity contribution in [3.8, 4) is 22.9 Å². The Kier molecular flexibility index (Phi) is 6.10. The minimum absolute atomic E-state index is 0.0251. The molecule has 1 amide bonds. The normalized spacial score (nSPS) is 14.6. The van der Waals surface area contributed by atoms with Gasteiger partial charge in [0, 0.05) is 18.7 Å². The molecule has 0 unspecified atom stereocenters. The first-order valence-electron chi connectivity index (χ1n) is 10.4. The second kappa shape index (κ2) is 9.28. The molecule has 3 aromatic carbocycles. The van der Waals surface area contributed by atoms with Crippen molar-refractivity contribution in [1.29, 1.82) is 5.26 Å². The molecule has 0 spiro atoms. The summed E-state index contributed by atoms with van der Waals surface area (Å²) in [6.07, 6.45) is 2.63. The first-order chi connectivity index (χ1) is 14.7. The molecule has 4 nitrogen and oxygen atoms in total. The van der Waals surface area contributed by atoms with Crippen molar-refractivity contribution in [2.45, 2.75) is 25.4 Å². The van der Waals surface area contributed by atoms with Crippen LogP contribution in [0.4, 0.5) is 0 Å². The highest BCUT2D eigenvalue weighted by molar-refractivity contribution is 5.83. The highest BCUT2D eigenvalue weighted by Crippen LogP contribution is 2.28. The lowest BCUT2D eigenvalue weighted by Gasteiger charge is -2.30. The summed E-state index contributed by atoms with van der Waals surface area (Å²) in [5.41, 5.74) is 3.57. The maximum atomic E-state index is 13.2. The van der Waals surface area contributed by atoms with E-state index in [1.807, 2.05) is 83.8 Å². The molecule has 4 heteroatoms. The van der Waals surface area contributed by atoms with Crippen molar-refractivity contribution in [2.24, 2.45) is 0 Å². The minimum Gasteiger partial charge on any atom is -0.476 e. The smallest absolute Gasteiger partial charge is 0.268 e. The summed E-state index contributed by atoms with van der Waals surface area (Å²) >= 11 is 0. The first-order valence-corrected chi connectivity index (χ1v) is 10.4. The number of likely N-dealkylation sites (tertiary alicyclic amines) is 1. The Morgan fingerprint density at radius 2 is 1.43 bits per heavy atom. The van der Waals surface area contributed by atoms with E-state index in [1.165, 1.54) is 6.42 Å². The standard InChI is InChI=1S/C26H24N2O2/c27-19-20-9-11-21(12-10-20)22-13-15-24(16-14-22)30-25(23-7-3-1-4-8-23)26(29)28-17-5-2-6-18-28/h1,3-4,7-16,25H,2,5-6,17-18H2/t25-/m1/s1. The molecular weight excluding hydrogens is 372 g/mol. The number of ether oxygens (including phenoxy) is 1. The average molecular weight is 396 g/mol. The molecule has 0 N–H and O–H groups in total. The Labute approximate surface area is 177 Å². The van der Waals surface area contributed by atoms with Gasteiger partial charge in [0.15, 0.2) is 0 Å². The lowest BCUT2D eigenvalue weighted by molar-refractivity contribution is -0.140. The highest BCUT2D eigenvalue weighted by atomic mass is 16.5. The Morgan fingerprint density at radius 1 is 0.833 bits per heavy atom. The summed E-state index contributed by atoms with van der Waals surface area (Å²) in [5, 5.41) is 8.95. The summed E-state index contributed by atoms with van der Waals surface area (Å²) in [4.78, 5) is 15.1. The number of rotatable bonds is 5. The van der Waals surface area contributed by atoms with Crippen LogP contribution in [0.1, 0.15) is 36.5 Å². The van der Waals surface area contributed by atoms with E-state index in [-0.39, 0.29) is 5.91 Å². The Bertz CT molecular complexity index is 1020. The molecule has 1 aliphatic rings. The lowest BCUT2D eigenvalue weighted by atomic mass is 10.0. The van der Waals surface area contributed by atoms with Gasteiger partial charge in [0.05, 0.1) is 11.6 Å². The van der Waals surface area contributed by atoms with Crippen LogP contribution in [0.3, 0.4) is 0 Å². The fourth-order valence-corrected chi connectivity index (χ4v) is 3.77. The largest absolute Gasteiger partial charge is 0.476 e. The van der Waals surface area contributed by atoms with E-state index in [1.54, 1.807) is 0 Å². The van der Waals surface area contributed by atoms with Gasteiger partial charge in [-0.2, -0.15) is 5.26 Å². The molecule has 150 valence electrons. The van der Waals surface area contributed by atoms with Gasteiger partial charge in [-0.15, -0.1) is 0 Å². The molecule has 0 bridgehead atoms. The van der Waals surface area contributed by atoms with Crippen LogP contribution >= 0.6 is 0 Å². The quantitative estimate of drug-likeness (QED) is 0.583. The number of carbonyl (C=O) groups is 1. The van der Waals surface area contributed by atoms with Gasteiger partial charge in [-0.1, -0.05) is 54.6 Å². The van der Waals surface area contributed by atoms with Crippen molar-refractivity contribution in [3.05, 3.63) is 90.0 Å². The summed E-state index contributed by atoms with van der Waals surface area (Å²) in [7, 11) is 0. The van der Waals surface area contributed by atoms with Crippen LogP contribution in [0.25, 0.3) is 11.1 Å². The van der Waals surface area contributed by atoms with E-state index in [4.69, 9.17) is 10.00 Å². The number of amides is 1. The topological polar surface area (TPSA) is 53.3 Å². The molecule has 0 radical (unpaired) electrons. The van der Waals surface area contributed by atoms with Gasteiger partial charge in [-0.05, 0) is 54.7 Å². The number of carbonyl (C=O) groups excluding carboxylic acids is 1. The van der Waals surface area contributed by atoms with Gasteiger partial charge in [-0.25, -0.2) is 0 Å². The van der Waals surface area contributed by atoms with Crippen LogP contribution in [0.2, 0.25) is 0 Å². The highest BCUT2D eigenvalue weighted by Gasteiger charge is 2.28. The van der Waals surface area contributed by atoms with Crippen LogP contribution in [-0.4, -0.2) is 23.9 Å². The Morgan fingerprint density at radius 3 is 2.03 bits per heavy atom. The van der Waals surface area contributed by atoms with Gasteiger partial charge in [0.1, 0.15) is 5.75 Å². The Balaban J connectivity index is 1.55. The fraction of sp³-hybridized carbons (Fsp3) is 0.231. The molecular formula is C26H24N2O2. The van der Waals surface area contributed by atoms with Crippen molar-refractivity contribution >= 4 is 5.91 Å². The van der Waals surface area contributed by atoms with E-state index in [0.717, 1.165) is 42.6 Å². The summed E-state index contributed by atoms with van der Waals surface area (Å²) < 4.78 is 6.21. The SMILES string of the molecule is N#Cc1ccc(-c2ccc(O[C@@H](C(=O)N3CCCCC3)c3ccccc3)cc2)cc1. The molecule has 30 heavy (non-hydrogen) atoms. The second-order valence-corrected chi connectivity index (χ2v) is 7.51. The van der Waals surface area contributed by atoms with E-state index >= 15 is 0 Å². The van der Waals surface area contributed by atoms with Crippen molar-refractivity contribution in [1.82, 2.24) is 4.90 Å². The van der Waals surface area contributed by atoms with E-state index in [2.05, 4.69) is 6.07 Å². The third-order valence-corrected chi connectivity index (χ3v) is 5.45. The van der Waals surface area contributed by atoms with Gasteiger partial charge in [-0.3, -0.25) is 4.79 Å². The summed E-state index contributed by atoms with van der Waals surface area (Å²) in [6, 6.07) is 27.1. The number of hydrogen-bond acceptors (Lipinski definition) is 3. The molecule has 3 aromatic rings. The van der Waals surface area contributed by atoms with Gasteiger partial charge in [0.2, 0.25) is 6.10 Å². The zero-order valence-corrected chi connectivity index (χ0v) is 16.8. The predicted molar refractivity (Wildman–Crippen MR) is 117 cm³/mol. The van der Waals surface area contributed by atoms with E-state index in [9.17, 15) is 4.79 Å². The molecule has 4 rings (SSSR count). The Hall–Kier alpha value is -3.58. The zero-order valence-electron chi connectivity index (χ0n) is 16.8. The van der Waals surface area contributed by atoms with Crippen LogP contribution < -0.4 is 4.74 Å². The van der Waals surface area contributed by atoms with Crippen LogP contribution in [0.15, 0.2) is 78.9 Å². The third-order valence-electron chi connectivity index (χ3n) is 5.45. The van der Waals surface area contributed by atoms with Gasteiger partial charge < -0.3 is 9.64 Å². The molecule has 0 aromatic heterocycles. The number of nitrogens with zero attached hydrogens (tertiary/aromatic N) is 2. The molecule has 1 heterocycles. The number of hydrogen-bond donors (Lipinski definition) is 0. The number of nitriles is 1. The second-order valence-electron chi connectivity index (χ2n) is 7.51. The van der Waals surface area contributed by atoms with Crippen molar-refractivity contribution in [3.63, 3.8) is 0 Å². The maximum absolute atomic E-state index is 13.2. The maximum Gasteiger partial charge on any atom is 0.268 e. The molecule has 1 fully saturated rings. The summed E-state index contributed by atoms with van der Waals surface area (Å²) in [5.74, 6) is 0.684. The molecule has 0 aliphatic carbocycles. The number of benzene rings is 3. The van der Waals surface area contributed by atoms with Crippen LogP contribution in [0.5, 0.6) is 5.75 Å². The zero-order chi connectivity index (χ0) is 20.8. The first kappa shape index (κ1) is 19.7. The molecule has 1 atom stereocenters. The molecule has 0 saturated carbocycles. The fourth-order valence-electron chi connectivity index (χ4n) is 3.77. The van der Waals surface area contributed by atoms with E-state index in [0.29, 0.717) is 11.3 Å². The lowest BCUT2D eigenvalue weighted by Crippen LogP contribution is -2.40. The minimum atomic E-state index is -0.648. The van der Waals surface area contributed by atoms with Crippen molar-refractivity contribution in [2.75, 3.05) is 13.1 Å². The number of piperidine rings is 1. The van der Waals surface area contributed by atoms with Crippen LogP contribution in [0, 0.1) is 11.3 Å². The molecule has 1 aliphatic heterocycles. The molecule has 1 saturated heterocycles. The predicted octanol–water partition coefficient (Wildman–Crippen LogP) is 5.36.